The highest BCUT2D eigenvalue weighted by molar-refractivity contribution is 7.29. The predicted molar refractivity (Wildman–Crippen MR) is 138 cm³/mol. The van der Waals surface area contributed by atoms with E-state index < -0.39 is 0 Å². The molecule has 0 unspecified atom stereocenters. The number of carbonyl (C=O) groups excluding carboxylic acids is 2. The van der Waals surface area contributed by atoms with Crippen LogP contribution >= 0.6 is 22.7 Å². The Bertz CT molecular complexity index is 1050. The molecule has 0 saturated carbocycles. The first kappa shape index (κ1) is 23.7. The molecule has 1 aliphatic heterocycles. The van der Waals surface area contributed by atoms with Gasteiger partial charge in [0.1, 0.15) is 4.83 Å². The topological polar surface area (TPSA) is 56.8 Å². The van der Waals surface area contributed by atoms with Crippen LogP contribution in [0.15, 0.2) is 36.4 Å². The lowest BCUT2D eigenvalue weighted by Gasteiger charge is -2.38. The number of aromatic nitrogens is 1. The Kier molecular flexibility index (Phi) is 7.65. The number of likely N-dealkylation sites (tertiary alicyclic amines) is 1. The average molecular weight is 485 g/mol. The van der Waals surface area contributed by atoms with Crippen LogP contribution in [0.4, 0.5) is 5.13 Å². The van der Waals surface area contributed by atoms with Crippen LogP contribution in [0.2, 0.25) is 0 Å². The molecule has 1 aliphatic rings. The van der Waals surface area contributed by atoms with Crippen LogP contribution < -0.4 is 4.90 Å². The molecule has 2 aromatic heterocycles. The third-order valence-electron chi connectivity index (χ3n) is 6.26. The van der Waals surface area contributed by atoms with Gasteiger partial charge < -0.3 is 14.7 Å². The van der Waals surface area contributed by atoms with E-state index in [1.807, 2.05) is 46.2 Å². The molecule has 3 heterocycles. The number of carbonyl (C=O) groups is 2. The quantitative estimate of drug-likeness (QED) is 0.432. The fraction of sp³-hybridized carbons (Fsp3) is 0.480. The van der Waals surface area contributed by atoms with Crippen LogP contribution in [-0.4, -0.2) is 65.4 Å². The SMILES string of the molecule is CCCN(C(=O)c1cc2sc(N(CC)CC)nc2s1)C1CCN(C(=O)c2ccccc2)CC1. The summed E-state index contributed by atoms with van der Waals surface area (Å²) < 4.78 is 1.09. The molecule has 0 bridgehead atoms. The molecule has 0 radical (unpaired) electrons. The molecule has 2 amide bonds. The maximum absolute atomic E-state index is 13.5. The second-order valence-electron chi connectivity index (χ2n) is 8.34. The Hall–Kier alpha value is -2.45. The first-order valence-electron chi connectivity index (χ1n) is 11.9. The summed E-state index contributed by atoms with van der Waals surface area (Å²) in [5.74, 6) is 0.181. The van der Waals surface area contributed by atoms with Gasteiger partial charge >= 0.3 is 0 Å². The van der Waals surface area contributed by atoms with E-state index in [-0.39, 0.29) is 17.9 Å². The number of hydrogen-bond acceptors (Lipinski definition) is 6. The minimum absolute atomic E-state index is 0.0796. The zero-order valence-electron chi connectivity index (χ0n) is 19.6. The van der Waals surface area contributed by atoms with Gasteiger partial charge in [0.05, 0.1) is 9.58 Å². The Morgan fingerprint density at radius 3 is 2.36 bits per heavy atom. The maximum atomic E-state index is 13.5. The van der Waals surface area contributed by atoms with Gasteiger partial charge in [-0.05, 0) is 51.3 Å². The molecule has 4 rings (SSSR count). The molecule has 0 atom stereocenters. The van der Waals surface area contributed by atoms with Crippen LogP contribution in [0, 0.1) is 0 Å². The lowest BCUT2D eigenvalue weighted by Crippen LogP contribution is -2.49. The molecule has 1 aromatic carbocycles. The van der Waals surface area contributed by atoms with Gasteiger partial charge in [-0.1, -0.05) is 36.5 Å². The van der Waals surface area contributed by atoms with E-state index in [2.05, 4.69) is 25.7 Å². The number of amides is 2. The summed E-state index contributed by atoms with van der Waals surface area (Å²) in [6.07, 6.45) is 2.54. The molecule has 0 aliphatic carbocycles. The molecule has 176 valence electrons. The van der Waals surface area contributed by atoms with Crippen LogP contribution in [0.3, 0.4) is 0 Å². The second kappa shape index (κ2) is 10.7. The first-order chi connectivity index (χ1) is 16.0. The highest BCUT2D eigenvalue weighted by atomic mass is 32.1. The number of benzene rings is 1. The standard InChI is InChI=1S/C25H32N4O2S2/c1-4-14-29(19-12-15-28(16-13-19)23(30)18-10-8-7-9-11-18)24(31)21-17-20-22(32-21)26-25(33-20)27(5-2)6-3/h7-11,17,19H,4-6,12-16H2,1-3H3. The average Bonchev–Trinajstić information content (AvgIpc) is 3.43. The van der Waals surface area contributed by atoms with Gasteiger partial charge in [0.25, 0.3) is 11.8 Å². The molecule has 0 N–H and O–H groups in total. The van der Waals surface area contributed by atoms with Gasteiger partial charge in [-0.25, -0.2) is 4.98 Å². The lowest BCUT2D eigenvalue weighted by molar-refractivity contribution is 0.0522. The Labute approximate surface area is 203 Å². The summed E-state index contributed by atoms with van der Waals surface area (Å²) in [5.41, 5.74) is 0.729. The van der Waals surface area contributed by atoms with Gasteiger partial charge in [0, 0.05) is 44.3 Å². The van der Waals surface area contributed by atoms with Crippen molar-refractivity contribution in [1.82, 2.24) is 14.8 Å². The van der Waals surface area contributed by atoms with Gasteiger partial charge in [-0.15, -0.1) is 11.3 Å². The van der Waals surface area contributed by atoms with Crippen LogP contribution in [0.25, 0.3) is 9.53 Å². The normalized spacial score (nSPS) is 14.6. The van der Waals surface area contributed by atoms with Crippen LogP contribution in [0.5, 0.6) is 0 Å². The van der Waals surface area contributed by atoms with Crippen molar-refractivity contribution in [3.8, 4) is 0 Å². The minimum Gasteiger partial charge on any atom is -0.349 e. The molecule has 33 heavy (non-hydrogen) atoms. The third-order valence-corrected chi connectivity index (χ3v) is 8.47. The number of thiophene rings is 1. The van der Waals surface area contributed by atoms with Crippen LogP contribution in [-0.2, 0) is 0 Å². The van der Waals surface area contributed by atoms with Gasteiger partial charge in [-0.3, -0.25) is 9.59 Å². The highest BCUT2D eigenvalue weighted by Gasteiger charge is 2.31. The summed E-state index contributed by atoms with van der Waals surface area (Å²) in [6.45, 7) is 10.3. The molecule has 6 nitrogen and oxygen atoms in total. The highest BCUT2D eigenvalue weighted by Crippen LogP contribution is 2.35. The van der Waals surface area contributed by atoms with Crippen molar-refractivity contribution in [3.05, 3.63) is 46.8 Å². The Balaban J connectivity index is 1.44. The molecular weight excluding hydrogens is 452 g/mol. The number of thiazole rings is 1. The first-order valence-corrected chi connectivity index (χ1v) is 13.5. The second-order valence-corrected chi connectivity index (χ2v) is 10.4. The number of rotatable bonds is 8. The largest absolute Gasteiger partial charge is 0.349 e. The number of fused-ring (bicyclic) bond motifs is 1. The van der Waals surface area contributed by atoms with E-state index in [0.717, 1.165) is 64.0 Å². The van der Waals surface area contributed by atoms with E-state index >= 15 is 0 Å². The minimum atomic E-state index is 0.0796. The lowest BCUT2D eigenvalue weighted by atomic mass is 10.0. The van der Waals surface area contributed by atoms with E-state index in [4.69, 9.17) is 4.98 Å². The molecule has 0 spiro atoms. The smallest absolute Gasteiger partial charge is 0.264 e. The summed E-state index contributed by atoms with van der Waals surface area (Å²) in [5, 5.41) is 1.03. The molecular formula is C25H32N4O2S2. The molecule has 1 fully saturated rings. The molecule has 1 saturated heterocycles. The van der Waals surface area contributed by atoms with Gasteiger partial charge in [-0.2, -0.15) is 0 Å². The van der Waals surface area contributed by atoms with Gasteiger partial charge in [0.2, 0.25) is 0 Å². The van der Waals surface area contributed by atoms with E-state index in [1.54, 1.807) is 11.3 Å². The molecule has 8 heteroatoms. The summed E-state index contributed by atoms with van der Waals surface area (Å²) in [7, 11) is 0. The van der Waals surface area contributed by atoms with E-state index in [1.165, 1.54) is 11.3 Å². The van der Waals surface area contributed by atoms with Crippen LogP contribution in [0.1, 0.15) is 60.1 Å². The predicted octanol–water partition coefficient (Wildman–Crippen LogP) is 5.36. The summed E-state index contributed by atoms with van der Waals surface area (Å²) in [6, 6.07) is 11.6. The summed E-state index contributed by atoms with van der Waals surface area (Å²) in [4.78, 5) is 39.0. The zero-order chi connectivity index (χ0) is 23.4. The number of nitrogens with zero attached hydrogens (tertiary/aromatic N) is 4. The van der Waals surface area contributed by atoms with Crippen molar-refractivity contribution in [2.75, 3.05) is 37.6 Å². The van der Waals surface area contributed by atoms with Gasteiger partial charge in [0.15, 0.2) is 5.13 Å². The van der Waals surface area contributed by atoms with E-state index in [9.17, 15) is 9.59 Å². The van der Waals surface area contributed by atoms with Crippen molar-refractivity contribution in [2.45, 2.75) is 46.1 Å². The Morgan fingerprint density at radius 2 is 1.76 bits per heavy atom. The number of piperidine rings is 1. The maximum Gasteiger partial charge on any atom is 0.264 e. The fourth-order valence-corrected chi connectivity index (χ4v) is 6.73. The number of anilines is 1. The van der Waals surface area contributed by atoms with Crippen molar-refractivity contribution in [1.29, 1.82) is 0 Å². The molecule has 3 aromatic rings. The monoisotopic (exact) mass is 484 g/mol. The van der Waals surface area contributed by atoms with Crippen molar-refractivity contribution >= 4 is 49.1 Å². The summed E-state index contributed by atoms with van der Waals surface area (Å²) >= 11 is 3.17. The Morgan fingerprint density at radius 1 is 1.06 bits per heavy atom. The van der Waals surface area contributed by atoms with Crippen molar-refractivity contribution in [3.63, 3.8) is 0 Å². The van der Waals surface area contributed by atoms with E-state index in [0.29, 0.717) is 13.1 Å². The van der Waals surface area contributed by atoms with Crippen molar-refractivity contribution < 1.29 is 9.59 Å². The zero-order valence-corrected chi connectivity index (χ0v) is 21.3. The fourth-order valence-electron chi connectivity index (χ4n) is 4.43. The third kappa shape index (κ3) is 5.06. The number of hydrogen-bond donors (Lipinski definition) is 0. The van der Waals surface area contributed by atoms with Crippen molar-refractivity contribution in [2.24, 2.45) is 0 Å².